The summed E-state index contributed by atoms with van der Waals surface area (Å²) in [5.41, 5.74) is 2.40. The van der Waals surface area contributed by atoms with Crippen molar-refractivity contribution in [3.8, 4) is 0 Å². The molecule has 122 valence electrons. The van der Waals surface area contributed by atoms with E-state index in [2.05, 4.69) is 24.1 Å². The number of benzene rings is 1. The van der Waals surface area contributed by atoms with Crippen molar-refractivity contribution in [2.24, 2.45) is 0 Å². The predicted octanol–water partition coefficient (Wildman–Crippen LogP) is 3.67. The lowest BCUT2D eigenvalue weighted by atomic mass is 10.1. The predicted molar refractivity (Wildman–Crippen MR) is 92.9 cm³/mol. The zero-order chi connectivity index (χ0) is 15.9. The quantitative estimate of drug-likeness (QED) is 0.839. The molecule has 0 atom stereocenters. The van der Waals surface area contributed by atoms with Gasteiger partial charge < -0.3 is 15.1 Å². The average Bonchev–Trinajstić information content (AvgIpc) is 2.54. The number of nitrogens with one attached hydrogen (secondary N) is 1. The number of hydrogen-bond donors (Lipinski definition) is 1. The SMILES string of the molecule is CCCCCNC(=O)N1CCN(c2cc(Cl)ccc2C)CC1. The number of halogens is 1. The number of amides is 2. The Bertz CT molecular complexity index is 499. The minimum atomic E-state index is 0.0681. The minimum absolute atomic E-state index is 0.0681. The van der Waals surface area contributed by atoms with Crippen molar-refractivity contribution in [1.29, 1.82) is 0 Å². The fourth-order valence-electron chi connectivity index (χ4n) is 2.76. The van der Waals surface area contributed by atoms with Crippen LogP contribution in [0.4, 0.5) is 10.5 Å². The van der Waals surface area contributed by atoms with Gasteiger partial charge in [0.15, 0.2) is 0 Å². The molecule has 0 spiro atoms. The summed E-state index contributed by atoms with van der Waals surface area (Å²) in [7, 11) is 0. The molecule has 1 N–H and O–H groups in total. The Balaban J connectivity index is 1.82. The maximum Gasteiger partial charge on any atom is 0.317 e. The fraction of sp³-hybridized carbons (Fsp3) is 0.588. The van der Waals surface area contributed by atoms with Crippen molar-refractivity contribution in [3.05, 3.63) is 28.8 Å². The molecule has 0 bridgehead atoms. The maximum atomic E-state index is 12.1. The molecule has 2 rings (SSSR count). The van der Waals surface area contributed by atoms with Crippen LogP contribution in [-0.2, 0) is 0 Å². The number of carbonyl (C=O) groups excluding carboxylic acids is 1. The molecule has 0 radical (unpaired) electrons. The van der Waals surface area contributed by atoms with Gasteiger partial charge in [0.2, 0.25) is 0 Å². The molecule has 5 heteroatoms. The van der Waals surface area contributed by atoms with E-state index in [1.807, 2.05) is 23.1 Å². The van der Waals surface area contributed by atoms with Crippen molar-refractivity contribution < 1.29 is 4.79 Å². The maximum absolute atomic E-state index is 12.1. The second-order valence-electron chi connectivity index (χ2n) is 5.84. The number of hydrogen-bond acceptors (Lipinski definition) is 2. The highest BCUT2D eigenvalue weighted by atomic mass is 35.5. The molecule has 2 amide bonds. The Morgan fingerprint density at radius 3 is 2.64 bits per heavy atom. The molecule has 0 aliphatic carbocycles. The molecule has 1 heterocycles. The van der Waals surface area contributed by atoms with Crippen molar-refractivity contribution in [2.75, 3.05) is 37.6 Å². The molecular weight excluding hydrogens is 298 g/mol. The second-order valence-corrected chi connectivity index (χ2v) is 6.28. The van der Waals surface area contributed by atoms with Gasteiger partial charge in [0, 0.05) is 43.4 Å². The number of urea groups is 1. The highest BCUT2D eigenvalue weighted by Gasteiger charge is 2.21. The van der Waals surface area contributed by atoms with E-state index in [0.29, 0.717) is 0 Å². The highest BCUT2D eigenvalue weighted by Crippen LogP contribution is 2.25. The van der Waals surface area contributed by atoms with Gasteiger partial charge in [0.05, 0.1) is 0 Å². The summed E-state index contributed by atoms with van der Waals surface area (Å²) in [5.74, 6) is 0. The van der Waals surface area contributed by atoms with Crippen LogP contribution >= 0.6 is 11.6 Å². The Hall–Kier alpha value is -1.42. The van der Waals surface area contributed by atoms with Crippen molar-refractivity contribution in [1.82, 2.24) is 10.2 Å². The Morgan fingerprint density at radius 1 is 1.23 bits per heavy atom. The molecule has 1 aliphatic heterocycles. The van der Waals surface area contributed by atoms with Gasteiger partial charge in [0.1, 0.15) is 0 Å². The first-order valence-corrected chi connectivity index (χ1v) is 8.53. The van der Waals surface area contributed by atoms with Crippen LogP contribution in [-0.4, -0.2) is 43.7 Å². The molecule has 1 saturated heterocycles. The van der Waals surface area contributed by atoms with Crippen molar-refractivity contribution in [3.63, 3.8) is 0 Å². The van der Waals surface area contributed by atoms with Gasteiger partial charge in [-0.3, -0.25) is 0 Å². The largest absolute Gasteiger partial charge is 0.368 e. The van der Waals surface area contributed by atoms with E-state index >= 15 is 0 Å². The molecule has 0 aromatic heterocycles. The zero-order valence-corrected chi connectivity index (χ0v) is 14.3. The zero-order valence-electron chi connectivity index (χ0n) is 13.6. The van der Waals surface area contributed by atoms with Crippen LogP contribution in [0, 0.1) is 6.92 Å². The van der Waals surface area contributed by atoms with Crippen LogP contribution in [0.2, 0.25) is 5.02 Å². The number of anilines is 1. The van der Waals surface area contributed by atoms with E-state index in [-0.39, 0.29) is 6.03 Å². The summed E-state index contributed by atoms with van der Waals surface area (Å²) < 4.78 is 0. The van der Waals surface area contributed by atoms with Gasteiger partial charge in [-0.1, -0.05) is 37.4 Å². The lowest BCUT2D eigenvalue weighted by molar-refractivity contribution is 0.194. The van der Waals surface area contributed by atoms with Crippen molar-refractivity contribution in [2.45, 2.75) is 33.1 Å². The topological polar surface area (TPSA) is 35.6 Å². The number of aryl methyl sites for hydroxylation is 1. The Kier molecular flexibility index (Phi) is 6.37. The van der Waals surface area contributed by atoms with Crippen LogP contribution in [0.1, 0.15) is 31.7 Å². The number of rotatable bonds is 5. The Labute approximate surface area is 138 Å². The van der Waals surface area contributed by atoms with E-state index in [1.54, 1.807) is 0 Å². The van der Waals surface area contributed by atoms with E-state index < -0.39 is 0 Å². The van der Waals surface area contributed by atoms with Crippen molar-refractivity contribution >= 4 is 23.3 Å². The molecular formula is C17H26ClN3O. The van der Waals surface area contributed by atoms with Gasteiger partial charge in [-0.15, -0.1) is 0 Å². The normalized spacial score (nSPS) is 15.0. The summed E-state index contributed by atoms with van der Waals surface area (Å²) in [5, 5.41) is 3.77. The molecule has 1 aliphatic rings. The smallest absolute Gasteiger partial charge is 0.317 e. The number of unbranched alkanes of at least 4 members (excludes halogenated alkanes) is 2. The highest BCUT2D eigenvalue weighted by molar-refractivity contribution is 6.30. The van der Waals surface area contributed by atoms with Crippen LogP contribution in [0.3, 0.4) is 0 Å². The summed E-state index contributed by atoms with van der Waals surface area (Å²) >= 11 is 6.10. The van der Waals surface area contributed by atoms with Crippen LogP contribution < -0.4 is 10.2 Å². The van der Waals surface area contributed by atoms with Crippen LogP contribution in [0.25, 0.3) is 0 Å². The van der Waals surface area contributed by atoms with Gasteiger partial charge >= 0.3 is 6.03 Å². The standard InChI is InChI=1S/C17H26ClN3O/c1-3-4-5-8-19-17(22)21-11-9-20(10-12-21)16-13-15(18)7-6-14(16)2/h6-7,13H,3-5,8-12H2,1-2H3,(H,19,22). The lowest BCUT2D eigenvalue weighted by Gasteiger charge is -2.36. The van der Waals surface area contributed by atoms with Gasteiger partial charge in [0.25, 0.3) is 0 Å². The molecule has 0 unspecified atom stereocenters. The minimum Gasteiger partial charge on any atom is -0.368 e. The number of carbonyl (C=O) groups is 1. The average molecular weight is 324 g/mol. The summed E-state index contributed by atoms with van der Waals surface area (Å²) in [6, 6.07) is 6.04. The summed E-state index contributed by atoms with van der Waals surface area (Å²) in [4.78, 5) is 16.3. The van der Waals surface area contributed by atoms with Crippen LogP contribution in [0.5, 0.6) is 0 Å². The summed E-state index contributed by atoms with van der Waals surface area (Å²) in [6.07, 6.45) is 3.40. The molecule has 1 aromatic carbocycles. The Morgan fingerprint density at radius 2 is 1.95 bits per heavy atom. The third-order valence-corrected chi connectivity index (χ3v) is 4.37. The van der Waals surface area contributed by atoms with Gasteiger partial charge in [-0.2, -0.15) is 0 Å². The van der Waals surface area contributed by atoms with E-state index in [1.165, 1.54) is 24.1 Å². The first-order valence-electron chi connectivity index (χ1n) is 8.15. The third-order valence-electron chi connectivity index (χ3n) is 4.14. The first-order chi connectivity index (χ1) is 10.6. The van der Waals surface area contributed by atoms with E-state index in [9.17, 15) is 4.79 Å². The molecule has 1 aromatic rings. The summed E-state index contributed by atoms with van der Waals surface area (Å²) in [6.45, 7) is 8.25. The first kappa shape index (κ1) is 16.9. The van der Waals surface area contributed by atoms with Gasteiger partial charge in [-0.25, -0.2) is 4.79 Å². The fourth-order valence-corrected chi connectivity index (χ4v) is 2.92. The van der Waals surface area contributed by atoms with Crippen LogP contribution in [0.15, 0.2) is 18.2 Å². The molecule has 22 heavy (non-hydrogen) atoms. The monoisotopic (exact) mass is 323 g/mol. The number of piperazine rings is 1. The molecule has 1 fully saturated rings. The molecule has 4 nitrogen and oxygen atoms in total. The van der Waals surface area contributed by atoms with E-state index in [0.717, 1.165) is 44.2 Å². The molecule has 0 saturated carbocycles. The second kappa shape index (κ2) is 8.28. The third kappa shape index (κ3) is 4.54. The van der Waals surface area contributed by atoms with E-state index in [4.69, 9.17) is 11.6 Å². The number of nitrogens with zero attached hydrogens (tertiary/aromatic N) is 2. The lowest BCUT2D eigenvalue weighted by Crippen LogP contribution is -2.52. The van der Waals surface area contributed by atoms with Gasteiger partial charge in [-0.05, 0) is 31.0 Å².